The van der Waals surface area contributed by atoms with E-state index in [1.54, 1.807) is 0 Å². The molecule has 4 nitrogen and oxygen atoms in total. The molecule has 0 bridgehead atoms. The molecule has 0 atom stereocenters. The predicted octanol–water partition coefficient (Wildman–Crippen LogP) is 15.4. The standard InChI is InChI=1S/C59H36N4/c1-4-15-41-31-46(24-21-37(41)11-1)51-35-49(28-29-53(51)63-54-30-27-40-14-9-10-20-50(40)56(54)52-34-44-18-7-8-19-45(44)36-55(52)63)59-61-57(47-25-22-38-12-2-5-16-42(38)32-47)60-58(62-59)48-26-23-39-13-3-6-17-43(39)33-48/h1-36H. The molecular weight excluding hydrogens is 765 g/mol. The van der Waals surface area contributed by atoms with E-state index in [0.29, 0.717) is 17.5 Å². The van der Waals surface area contributed by atoms with Gasteiger partial charge in [0.1, 0.15) is 0 Å². The molecule has 0 unspecified atom stereocenters. The number of rotatable bonds is 5. The lowest BCUT2D eigenvalue weighted by atomic mass is 9.97. The maximum atomic E-state index is 5.28. The first-order valence-electron chi connectivity index (χ1n) is 21.4. The van der Waals surface area contributed by atoms with Crippen LogP contribution in [0.4, 0.5) is 0 Å². The van der Waals surface area contributed by atoms with Gasteiger partial charge in [-0.2, -0.15) is 0 Å². The Hall–Kier alpha value is -8.47. The summed E-state index contributed by atoms with van der Waals surface area (Å²) in [4.78, 5) is 15.7. The molecule has 13 rings (SSSR count). The fourth-order valence-corrected chi connectivity index (χ4v) is 9.61. The van der Waals surface area contributed by atoms with Gasteiger partial charge in [0.15, 0.2) is 17.5 Å². The van der Waals surface area contributed by atoms with Gasteiger partial charge in [0.25, 0.3) is 0 Å². The van der Waals surface area contributed by atoms with Crippen molar-refractivity contribution < 1.29 is 0 Å². The lowest BCUT2D eigenvalue weighted by molar-refractivity contribution is 1.07. The molecule has 0 radical (unpaired) electrons. The van der Waals surface area contributed by atoms with Crippen molar-refractivity contribution in [1.29, 1.82) is 0 Å². The second-order valence-electron chi connectivity index (χ2n) is 16.5. The van der Waals surface area contributed by atoms with Gasteiger partial charge < -0.3 is 4.57 Å². The van der Waals surface area contributed by atoms with Crippen molar-refractivity contribution in [3.05, 3.63) is 218 Å². The zero-order valence-electron chi connectivity index (χ0n) is 34.1. The number of fused-ring (bicyclic) bond motifs is 9. The van der Waals surface area contributed by atoms with Crippen LogP contribution in [-0.2, 0) is 0 Å². The number of aromatic nitrogens is 4. The molecule has 0 aliphatic rings. The van der Waals surface area contributed by atoms with Gasteiger partial charge >= 0.3 is 0 Å². The van der Waals surface area contributed by atoms with Gasteiger partial charge in [0.05, 0.1) is 16.7 Å². The Kier molecular flexibility index (Phi) is 7.87. The van der Waals surface area contributed by atoms with Crippen LogP contribution in [0.3, 0.4) is 0 Å². The minimum absolute atomic E-state index is 0.615. The molecule has 0 amide bonds. The van der Waals surface area contributed by atoms with Gasteiger partial charge in [-0.3, -0.25) is 0 Å². The Morgan fingerprint density at radius 1 is 0.270 bits per heavy atom. The summed E-state index contributed by atoms with van der Waals surface area (Å²) in [6.07, 6.45) is 0. The summed E-state index contributed by atoms with van der Waals surface area (Å²) in [7, 11) is 0. The van der Waals surface area contributed by atoms with E-state index in [-0.39, 0.29) is 0 Å². The average Bonchev–Trinajstić information content (AvgIpc) is 3.68. The summed E-state index contributed by atoms with van der Waals surface area (Å²) in [6.45, 7) is 0. The van der Waals surface area contributed by atoms with Crippen molar-refractivity contribution in [2.24, 2.45) is 0 Å². The highest BCUT2D eigenvalue weighted by Gasteiger charge is 2.21. The minimum atomic E-state index is 0.615. The Morgan fingerprint density at radius 2 is 0.683 bits per heavy atom. The maximum Gasteiger partial charge on any atom is 0.164 e. The zero-order valence-corrected chi connectivity index (χ0v) is 34.1. The van der Waals surface area contributed by atoms with Crippen molar-refractivity contribution in [1.82, 2.24) is 19.5 Å². The molecule has 2 aromatic heterocycles. The highest BCUT2D eigenvalue weighted by molar-refractivity contribution is 6.23. The van der Waals surface area contributed by atoms with Crippen LogP contribution in [-0.4, -0.2) is 19.5 Å². The monoisotopic (exact) mass is 800 g/mol. The summed E-state index contributed by atoms with van der Waals surface area (Å²) in [5.41, 5.74) is 8.38. The molecule has 11 aromatic carbocycles. The largest absolute Gasteiger partial charge is 0.309 e. The van der Waals surface area contributed by atoms with E-state index in [4.69, 9.17) is 15.0 Å². The molecule has 0 N–H and O–H groups in total. The number of hydrogen-bond donors (Lipinski definition) is 0. The number of hydrogen-bond acceptors (Lipinski definition) is 3. The topological polar surface area (TPSA) is 43.6 Å². The second kappa shape index (κ2) is 14.1. The lowest BCUT2D eigenvalue weighted by Crippen LogP contribution is -2.02. The third-order valence-corrected chi connectivity index (χ3v) is 12.7. The zero-order chi connectivity index (χ0) is 41.4. The Labute approximate surface area is 363 Å². The van der Waals surface area contributed by atoms with Crippen LogP contribution in [0.1, 0.15) is 0 Å². The molecule has 0 aliphatic carbocycles. The Balaban J connectivity index is 1.09. The molecule has 0 saturated heterocycles. The maximum absolute atomic E-state index is 5.28. The van der Waals surface area contributed by atoms with Crippen LogP contribution < -0.4 is 0 Å². The Morgan fingerprint density at radius 3 is 1.25 bits per heavy atom. The molecule has 0 fully saturated rings. The summed E-state index contributed by atoms with van der Waals surface area (Å²) in [5.74, 6) is 1.88. The summed E-state index contributed by atoms with van der Waals surface area (Å²) >= 11 is 0. The van der Waals surface area contributed by atoms with Crippen LogP contribution >= 0.6 is 0 Å². The second-order valence-corrected chi connectivity index (χ2v) is 16.5. The normalized spacial score (nSPS) is 11.8. The Bertz CT molecular complexity index is 3890. The smallest absolute Gasteiger partial charge is 0.164 e. The van der Waals surface area contributed by atoms with Crippen molar-refractivity contribution in [2.45, 2.75) is 0 Å². The van der Waals surface area contributed by atoms with Crippen LogP contribution in [0.2, 0.25) is 0 Å². The van der Waals surface area contributed by atoms with E-state index in [1.165, 1.54) is 53.9 Å². The summed E-state index contributed by atoms with van der Waals surface area (Å²) in [5, 5.41) is 14.4. The van der Waals surface area contributed by atoms with Crippen molar-refractivity contribution in [3.63, 3.8) is 0 Å². The summed E-state index contributed by atoms with van der Waals surface area (Å²) < 4.78 is 2.46. The van der Waals surface area contributed by atoms with Gasteiger partial charge in [-0.15, -0.1) is 0 Å². The molecule has 0 aliphatic heterocycles. The van der Waals surface area contributed by atoms with E-state index >= 15 is 0 Å². The first-order valence-corrected chi connectivity index (χ1v) is 21.4. The lowest BCUT2D eigenvalue weighted by Gasteiger charge is -2.17. The first-order chi connectivity index (χ1) is 31.2. The average molecular weight is 801 g/mol. The molecule has 0 spiro atoms. The van der Waals surface area contributed by atoms with E-state index in [0.717, 1.165) is 55.3 Å². The van der Waals surface area contributed by atoms with Crippen LogP contribution in [0.15, 0.2) is 218 Å². The fourth-order valence-electron chi connectivity index (χ4n) is 9.61. The fraction of sp³-hybridized carbons (Fsp3) is 0. The SMILES string of the molecule is c1ccc2cc(-c3nc(-c4ccc(-n5c6cc7ccccc7cc6c6c7ccccc7ccc65)c(-c5ccc6ccccc6c5)c4)nc(-c4ccc5ccccc5c4)n3)ccc2c1. The highest BCUT2D eigenvalue weighted by Crippen LogP contribution is 2.42. The molecule has 63 heavy (non-hydrogen) atoms. The van der Waals surface area contributed by atoms with E-state index in [9.17, 15) is 0 Å². The minimum Gasteiger partial charge on any atom is -0.309 e. The first kappa shape index (κ1) is 35.3. The van der Waals surface area contributed by atoms with Gasteiger partial charge in [0.2, 0.25) is 0 Å². The molecule has 4 heteroatoms. The molecule has 292 valence electrons. The third-order valence-electron chi connectivity index (χ3n) is 12.7. The molecule has 13 aromatic rings. The third kappa shape index (κ3) is 5.88. The van der Waals surface area contributed by atoms with Gasteiger partial charge in [0, 0.05) is 33.0 Å². The van der Waals surface area contributed by atoms with Crippen molar-refractivity contribution >= 4 is 75.7 Å². The van der Waals surface area contributed by atoms with Crippen LogP contribution in [0.25, 0.3) is 127 Å². The quantitative estimate of drug-likeness (QED) is 0.174. The molecule has 2 heterocycles. The van der Waals surface area contributed by atoms with Crippen molar-refractivity contribution in [2.75, 3.05) is 0 Å². The molecule has 0 saturated carbocycles. The van der Waals surface area contributed by atoms with Crippen molar-refractivity contribution in [3.8, 4) is 51.0 Å². The highest BCUT2D eigenvalue weighted by atomic mass is 15.0. The van der Waals surface area contributed by atoms with Gasteiger partial charge in [-0.05, 0) is 114 Å². The molecular formula is C59H36N4. The summed E-state index contributed by atoms with van der Waals surface area (Å²) in [6, 6.07) is 78.5. The van der Waals surface area contributed by atoms with E-state index in [2.05, 4.69) is 223 Å². The number of nitrogens with zero attached hydrogens (tertiary/aromatic N) is 4. The van der Waals surface area contributed by atoms with Crippen LogP contribution in [0, 0.1) is 0 Å². The van der Waals surface area contributed by atoms with Crippen LogP contribution in [0.5, 0.6) is 0 Å². The van der Waals surface area contributed by atoms with Gasteiger partial charge in [-0.1, -0.05) is 164 Å². The predicted molar refractivity (Wildman–Crippen MR) is 263 cm³/mol. The van der Waals surface area contributed by atoms with Gasteiger partial charge in [-0.25, -0.2) is 15.0 Å². The van der Waals surface area contributed by atoms with E-state index in [1.807, 2.05) is 0 Å². The number of benzene rings is 11. The van der Waals surface area contributed by atoms with E-state index < -0.39 is 0 Å².